The molecule has 188 valence electrons. The fourth-order valence-corrected chi connectivity index (χ4v) is 6.55. The molecular weight excluding hydrogens is 508 g/mol. The summed E-state index contributed by atoms with van der Waals surface area (Å²) in [5.41, 5.74) is 4.29. The molecule has 5 aromatic rings. The van der Waals surface area contributed by atoms with Crippen molar-refractivity contribution in [3.63, 3.8) is 0 Å². The summed E-state index contributed by atoms with van der Waals surface area (Å²) in [7, 11) is 1.61. The number of carbonyl (C=O) groups is 1. The Morgan fingerprint density at radius 2 is 2.03 bits per heavy atom. The molecule has 0 atom stereocenters. The van der Waals surface area contributed by atoms with E-state index in [2.05, 4.69) is 29.1 Å². The second-order valence-electron chi connectivity index (χ2n) is 9.32. The van der Waals surface area contributed by atoms with Crippen LogP contribution in [0.1, 0.15) is 25.0 Å². The van der Waals surface area contributed by atoms with Crippen molar-refractivity contribution in [2.24, 2.45) is 0 Å². The highest BCUT2D eigenvalue weighted by molar-refractivity contribution is 8.00. The molecule has 0 saturated carbocycles. The number of fused-ring (bicyclic) bond motifs is 5. The third-order valence-corrected chi connectivity index (χ3v) is 8.46. The van der Waals surface area contributed by atoms with E-state index < -0.39 is 0 Å². The van der Waals surface area contributed by atoms with Gasteiger partial charge in [0.15, 0.2) is 5.76 Å². The van der Waals surface area contributed by atoms with Gasteiger partial charge in [-0.2, -0.15) is 0 Å². The zero-order valence-electron chi connectivity index (χ0n) is 20.5. The average Bonchev–Trinajstić information content (AvgIpc) is 3.55. The highest BCUT2D eigenvalue weighted by atomic mass is 32.2. The molecule has 10 heteroatoms. The van der Waals surface area contributed by atoms with Gasteiger partial charge >= 0.3 is 0 Å². The zero-order chi connectivity index (χ0) is 25.6. The topological polar surface area (TPSA) is 99.4 Å². The minimum Gasteiger partial charge on any atom is -0.497 e. The molecule has 1 N–H and O–H groups in total. The fourth-order valence-electron chi connectivity index (χ4n) is 4.51. The summed E-state index contributed by atoms with van der Waals surface area (Å²) in [6.45, 7) is 4.65. The third-order valence-electron chi connectivity index (χ3n) is 6.26. The molecule has 0 spiro atoms. The van der Waals surface area contributed by atoms with Gasteiger partial charge in [0.05, 0.1) is 41.6 Å². The van der Waals surface area contributed by atoms with Crippen LogP contribution in [0, 0.1) is 0 Å². The molecule has 0 unspecified atom stereocenters. The third kappa shape index (κ3) is 4.56. The fraction of sp³-hybridized carbons (Fsp3) is 0.259. The van der Waals surface area contributed by atoms with Crippen LogP contribution >= 0.6 is 23.1 Å². The summed E-state index contributed by atoms with van der Waals surface area (Å²) in [6, 6.07) is 11.0. The van der Waals surface area contributed by atoms with E-state index >= 15 is 0 Å². The van der Waals surface area contributed by atoms with Crippen molar-refractivity contribution in [1.29, 1.82) is 0 Å². The number of pyridine rings is 1. The standard InChI is InChI=1S/C27H24N4O4S2/c1-27(2)11-17-18(12-35-27)22(19-5-4-10-34-19)31-25-21(17)23-24(37-25)26(29-14-28-23)36-13-20(32)30-15-6-8-16(33-3)9-7-15/h4-10,14H,11-13H2,1-3H3,(H,30,32). The molecule has 0 saturated heterocycles. The van der Waals surface area contributed by atoms with Crippen LogP contribution in [0.5, 0.6) is 5.75 Å². The predicted molar refractivity (Wildman–Crippen MR) is 145 cm³/mol. The Morgan fingerprint density at radius 1 is 1.19 bits per heavy atom. The maximum absolute atomic E-state index is 12.6. The Bertz CT molecular complexity index is 1610. The van der Waals surface area contributed by atoms with Crippen molar-refractivity contribution in [3.8, 4) is 17.2 Å². The maximum atomic E-state index is 12.6. The van der Waals surface area contributed by atoms with Crippen LogP contribution in [0.25, 0.3) is 31.9 Å². The summed E-state index contributed by atoms with van der Waals surface area (Å²) in [5.74, 6) is 1.56. The maximum Gasteiger partial charge on any atom is 0.234 e. The zero-order valence-corrected chi connectivity index (χ0v) is 22.2. The van der Waals surface area contributed by atoms with Crippen LogP contribution < -0.4 is 10.1 Å². The first-order valence-electron chi connectivity index (χ1n) is 11.8. The predicted octanol–water partition coefficient (Wildman–Crippen LogP) is 6.09. The van der Waals surface area contributed by atoms with Gasteiger partial charge in [-0.25, -0.2) is 15.0 Å². The minimum atomic E-state index is -0.305. The Kier molecular flexibility index (Phi) is 6.10. The number of aromatic nitrogens is 3. The van der Waals surface area contributed by atoms with E-state index in [4.69, 9.17) is 18.9 Å². The van der Waals surface area contributed by atoms with Crippen molar-refractivity contribution in [1.82, 2.24) is 15.0 Å². The molecule has 4 aromatic heterocycles. The first kappa shape index (κ1) is 23.9. The van der Waals surface area contributed by atoms with Gasteiger partial charge in [0.2, 0.25) is 5.91 Å². The molecule has 37 heavy (non-hydrogen) atoms. The van der Waals surface area contributed by atoms with Crippen molar-refractivity contribution < 1.29 is 18.7 Å². The van der Waals surface area contributed by atoms with Crippen molar-refractivity contribution in [2.45, 2.75) is 37.5 Å². The first-order valence-corrected chi connectivity index (χ1v) is 13.6. The van der Waals surface area contributed by atoms with E-state index in [0.29, 0.717) is 12.3 Å². The second kappa shape index (κ2) is 9.44. The molecule has 0 fully saturated rings. The van der Waals surface area contributed by atoms with Crippen LogP contribution in [-0.4, -0.2) is 39.3 Å². The van der Waals surface area contributed by atoms with Crippen molar-refractivity contribution in [3.05, 3.63) is 60.1 Å². The Morgan fingerprint density at radius 3 is 2.78 bits per heavy atom. The van der Waals surface area contributed by atoms with Crippen molar-refractivity contribution >= 4 is 55.1 Å². The minimum absolute atomic E-state index is 0.113. The normalized spacial score (nSPS) is 14.6. The summed E-state index contributed by atoms with van der Waals surface area (Å²) in [6.07, 6.45) is 3.95. The number of anilines is 1. The molecule has 8 nitrogen and oxygen atoms in total. The van der Waals surface area contributed by atoms with Crippen LogP contribution in [0.2, 0.25) is 0 Å². The number of thiophene rings is 1. The number of carbonyl (C=O) groups excluding carboxylic acids is 1. The van der Waals surface area contributed by atoms with Gasteiger partial charge in [0, 0.05) is 23.1 Å². The number of nitrogens with one attached hydrogen (secondary N) is 1. The van der Waals surface area contributed by atoms with Crippen LogP contribution in [0.3, 0.4) is 0 Å². The number of benzene rings is 1. The lowest BCUT2D eigenvalue weighted by Gasteiger charge is -2.32. The van der Waals surface area contributed by atoms with Gasteiger partial charge in [-0.05, 0) is 55.8 Å². The summed E-state index contributed by atoms with van der Waals surface area (Å²) in [5, 5.41) is 4.72. The second-order valence-corrected chi connectivity index (χ2v) is 11.3. The number of methoxy groups -OCH3 is 1. The van der Waals surface area contributed by atoms with E-state index in [1.54, 1.807) is 31.0 Å². The molecule has 0 aliphatic carbocycles. The monoisotopic (exact) mass is 532 g/mol. The Balaban J connectivity index is 1.36. The van der Waals surface area contributed by atoms with E-state index in [1.165, 1.54) is 17.3 Å². The molecule has 1 aliphatic heterocycles. The first-order chi connectivity index (χ1) is 17.9. The highest BCUT2D eigenvalue weighted by Crippen LogP contribution is 2.44. The quantitative estimate of drug-likeness (QED) is 0.207. The molecule has 1 aliphatic rings. The number of amides is 1. The lowest BCUT2D eigenvalue weighted by atomic mass is 9.89. The summed E-state index contributed by atoms with van der Waals surface area (Å²) >= 11 is 2.94. The number of ether oxygens (including phenoxy) is 2. The molecule has 0 bridgehead atoms. The molecule has 6 rings (SSSR count). The Hall–Kier alpha value is -3.47. The molecular formula is C27H24N4O4S2. The Labute approximate surface area is 221 Å². The lowest BCUT2D eigenvalue weighted by Crippen LogP contribution is -2.32. The van der Waals surface area contributed by atoms with Crippen LogP contribution in [-0.2, 0) is 22.6 Å². The molecule has 0 radical (unpaired) electrons. The van der Waals surface area contributed by atoms with Crippen LogP contribution in [0.15, 0.2) is 58.4 Å². The van der Waals surface area contributed by atoms with Gasteiger partial charge in [0.1, 0.15) is 27.6 Å². The lowest BCUT2D eigenvalue weighted by molar-refractivity contribution is -0.113. The molecule has 1 aromatic carbocycles. The SMILES string of the molecule is COc1ccc(NC(=O)CSc2ncnc3c2sc2nc(-c4ccco4)c4c(c23)CC(C)(C)OC4)cc1. The average molecular weight is 533 g/mol. The van der Waals surface area contributed by atoms with Gasteiger partial charge in [-0.1, -0.05) is 11.8 Å². The van der Waals surface area contributed by atoms with Gasteiger partial charge in [-0.15, -0.1) is 11.3 Å². The summed E-state index contributed by atoms with van der Waals surface area (Å²) in [4.78, 5) is 27.7. The van der Waals surface area contributed by atoms with E-state index in [9.17, 15) is 4.79 Å². The number of thioether (sulfide) groups is 1. The number of nitrogens with zero attached hydrogens (tertiary/aromatic N) is 3. The van der Waals surface area contributed by atoms with Gasteiger partial charge in [-0.3, -0.25) is 4.79 Å². The molecule has 1 amide bonds. The van der Waals surface area contributed by atoms with E-state index in [-0.39, 0.29) is 17.3 Å². The number of rotatable bonds is 6. The number of hydrogen-bond acceptors (Lipinski definition) is 9. The van der Waals surface area contributed by atoms with E-state index in [0.717, 1.165) is 54.6 Å². The van der Waals surface area contributed by atoms with Gasteiger partial charge < -0.3 is 19.2 Å². The van der Waals surface area contributed by atoms with Gasteiger partial charge in [0.25, 0.3) is 0 Å². The highest BCUT2D eigenvalue weighted by Gasteiger charge is 2.32. The molecule has 5 heterocycles. The number of hydrogen-bond donors (Lipinski definition) is 1. The smallest absolute Gasteiger partial charge is 0.234 e. The number of furan rings is 1. The van der Waals surface area contributed by atoms with E-state index in [1.807, 2.05) is 36.4 Å². The van der Waals surface area contributed by atoms with Crippen LogP contribution in [0.4, 0.5) is 5.69 Å². The van der Waals surface area contributed by atoms with Crippen molar-refractivity contribution in [2.75, 3.05) is 18.2 Å². The largest absolute Gasteiger partial charge is 0.497 e. The summed E-state index contributed by atoms with van der Waals surface area (Å²) < 4.78 is 18.0.